The van der Waals surface area contributed by atoms with Crippen molar-refractivity contribution in [3.05, 3.63) is 29.6 Å². The fraction of sp³-hybridized carbons (Fsp3) is 0.267. The quantitative estimate of drug-likeness (QED) is 0.789. The highest BCUT2D eigenvalue weighted by molar-refractivity contribution is 7.14. The van der Waals surface area contributed by atoms with Crippen molar-refractivity contribution in [1.82, 2.24) is 4.98 Å². The van der Waals surface area contributed by atoms with Gasteiger partial charge in [-0.1, -0.05) is 12.1 Å². The highest BCUT2D eigenvalue weighted by Crippen LogP contribution is 2.26. The van der Waals surface area contributed by atoms with E-state index in [2.05, 4.69) is 15.6 Å². The standard InChI is InChI=1S/C15H16ClN3O2S/c1-10(20)17-12-6-4-11(5-7-12)13-9-22-15(18-13)19-14(21)3-2-8-16/h4-7,9H,2-3,8H2,1H3,(H,17,20)(H,18,19,21). The number of hydrogen-bond acceptors (Lipinski definition) is 4. The Balaban J connectivity index is 2.01. The Labute approximate surface area is 137 Å². The average molecular weight is 338 g/mol. The summed E-state index contributed by atoms with van der Waals surface area (Å²) in [7, 11) is 0. The first-order valence-electron chi connectivity index (χ1n) is 6.78. The molecule has 0 radical (unpaired) electrons. The predicted octanol–water partition coefficient (Wildman–Crippen LogP) is 3.73. The van der Waals surface area contributed by atoms with Crippen LogP contribution in [0.25, 0.3) is 11.3 Å². The minimum absolute atomic E-state index is 0.0810. The predicted molar refractivity (Wildman–Crippen MR) is 90.4 cm³/mol. The molecule has 116 valence electrons. The Bertz CT molecular complexity index is 655. The van der Waals surface area contributed by atoms with Gasteiger partial charge in [-0.15, -0.1) is 22.9 Å². The van der Waals surface area contributed by atoms with Crippen LogP contribution in [0.1, 0.15) is 19.8 Å². The summed E-state index contributed by atoms with van der Waals surface area (Å²) >= 11 is 6.93. The topological polar surface area (TPSA) is 71.1 Å². The van der Waals surface area contributed by atoms with E-state index in [-0.39, 0.29) is 11.8 Å². The van der Waals surface area contributed by atoms with Gasteiger partial charge in [0.25, 0.3) is 0 Å². The number of nitrogens with one attached hydrogen (secondary N) is 2. The molecule has 5 nitrogen and oxygen atoms in total. The van der Waals surface area contributed by atoms with Gasteiger partial charge in [-0.05, 0) is 18.6 Å². The molecule has 1 aromatic heterocycles. The molecule has 7 heteroatoms. The van der Waals surface area contributed by atoms with Gasteiger partial charge in [0.05, 0.1) is 5.69 Å². The van der Waals surface area contributed by atoms with Crippen molar-refractivity contribution in [2.45, 2.75) is 19.8 Å². The summed E-state index contributed by atoms with van der Waals surface area (Å²) in [6, 6.07) is 7.38. The van der Waals surface area contributed by atoms with E-state index in [1.165, 1.54) is 18.3 Å². The summed E-state index contributed by atoms with van der Waals surface area (Å²) in [5.74, 6) is 0.280. The first-order valence-corrected chi connectivity index (χ1v) is 8.19. The lowest BCUT2D eigenvalue weighted by Crippen LogP contribution is -2.10. The van der Waals surface area contributed by atoms with Crippen molar-refractivity contribution >= 4 is 45.6 Å². The Morgan fingerprint density at radius 2 is 1.95 bits per heavy atom. The van der Waals surface area contributed by atoms with Gasteiger partial charge in [-0.3, -0.25) is 9.59 Å². The van der Waals surface area contributed by atoms with E-state index in [0.29, 0.717) is 23.9 Å². The molecule has 2 aromatic rings. The number of halogens is 1. The number of carbonyl (C=O) groups excluding carboxylic acids is 2. The molecule has 2 N–H and O–H groups in total. The normalized spacial score (nSPS) is 10.3. The van der Waals surface area contributed by atoms with Gasteiger partial charge >= 0.3 is 0 Å². The van der Waals surface area contributed by atoms with Gasteiger partial charge < -0.3 is 10.6 Å². The Morgan fingerprint density at radius 1 is 1.23 bits per heavy atom. The molecule has 0 aliphatic rings. The lowest BCUT2D eigenvalue weighted by molar-refractivity contribution is -0.116. The molecule has 0 spiro atoms. The maximum absolute atomic E-state index is 11.6. The van der Waals surface area contributed by atoms with Gasteiger partial charge in [0.2, 0.25) is 11.8 Å². The molecule has 0 saturated carbocycles. The number of aromatic nitrogens is 1. The maximum atomic E-state index is 11.6. The molecule has 22 heavy (non-hydrogen) atoms. The number of amides is 2. The van der Waals surface area contributed by atoms with Crippen LogP contribution in [0.2, 0.25) is 0 Å². The molecule has 0 aliphatic carbocycles. The van der Waals surface area contributed by atoms with Crippen LogP contribution in [0.5, 0.6) is 0 Å². The van der Waals surface area contributed by atoms with Gasteiger partial charge in [0, 0.05) is 35.9 Å². The molecule has 0 atom stereocenters. The van der Waals surface area contributed by atoms with Gasteiger partial charge in [0.1, 0.15) is 0 Å². The molecule has 0 aliphatic heterocycles. The van der Waals surface area contributed by atoms with Crippen molar-refractivity contribution in [3.8, 4) is 11.3 Å². The lowest BCUT2D eigenvalue weighted by atomic mass is 10.1. The van der Waals surface area contributed by atoms with E-state index in [0.717, 1.165) is 16.9 Å². The minimum Gasteiger partial charge on any atom is -0.326 e. The van der Waals surface area contributed by atoms with E-state index < -0.39 is 0 Å². The average Bonchev–Trinajstić information content (AvgIpc) is 2.93. The number of anilines is 2. The van der Waals surface area contributed by atoms with E-state index in [1.54, 1.807) is 0 Å². The summed E-state index contributed by atoms with van der Waals surface area (Å²) in [4.78, 5) is 27.0. The number of benzene rings is 1. The summed E-state index contributed by atoms with van der Waals surface area (Å²) in [5.41, 5.74) is 2.44. The number of rotatable bonds is 6. The number of hydrogen-bond donors (Lipinski definition) is 2. The van der Waals surface area contributed by atoms with Crippen LogP contribution in [-0.4, -0.2) is 22.7 Å². The zero-order chi connectivity index (χ0) is 15.9. The Morgan fingerprint density at radius 3 is 2.59 bits per heavy atom. The number of carbonyl (C=O) groups is 2. The smallest absolute Gasteiger partial charge is 0.226 e. The molecule has 0 saturated heterocycles. The van der Waals surface area contributed by atoms with Gasteiger partial charge in [-0.25, -0.2) is 4.98 Å². The fourth-order valence-corrected chi connectivity index (χ4v) is 2.67. The van der Waals surface area contributed by atoms with Crippen LogP contribution in [0.15, 0.2) is 29.6 Å². The third-order valence-electron chi connectivity index (χ3n) is 2.79. The fourth-order valence-electron chi connectivity index (χ4n) is 1.80. The summed E-state index contributed by atoms with van der Waals surface area (Å²) < 4.78 is 0. The summed E-state index contributed by atoms with van der Waals surface area (Å²) in [6.45, 7) is 1.47. The molecule has 0 bridgehead atoms. The van der Waals surface area contributed by atoms with Crippen LogP contribution >= 0.6 is 22.9 Å². The largest absolute Gasteiger partial charge is 0.326 e. The molecule has 0 fully saturated rings. The van der Waals surface area contributed by atoms with E-state index in [1.807, 2.05) is 29.6 Å². The molecule has 2 rings (SSSR count). The third kappa shape index (κ3) is 4.82. The molecule has 1 aromatic carbocycles. The van der Waals surface area contributed by atoms with Gasteiger partial charge in [-0.2, -0.15) is 0 Å². The zero-order valence-electron chi connectivity index (χ0n) is 12.1. The van der Waals surface area contributed by atoms with Crippen molar-refractivity contribution in [2.75, 3.05) is 16.5 Å². The Kier molecular flexibility index (Phi) is 5.91. The van der Waals surface area contributed by atoms with Crippen molar-refractivity contribution < 1.29 is 9.59 Å². The minimum atomic E-state index is -0.108. The molecule has 2 amide bonds. The second-order valence-corrected chi connectivity index (χ2v) is 5.87. The monoisotopic (exact) mass is 337 g/mol. The summed E-state index contributed by atoms with van der Waals surface area (Å²) in [5, 5.41) is 7.92. The highest BCUT2D eigenvalue weighted by atomic mass is 35.5. The molecular formula is C15H16ClN3O2S. The maximum Gasteiger partial charge on any atom is 0.226 e. The molecule has 1 heterocycles. The highest BCUT2D eigenvalue weighted by Gasteiger charge is 2.08. The van der Waals surface area contributed by atoms with Crippen LogP contribution in [0.4, 0.5) is 10.8 Å². The SMILES string of the molecule is CC(=O)Nc1ccc(-c2csc(NC(=O)CCCCl)n2)cc1. The van der Waals surface area contributed by atoms with Crippen LogP contribution in [0, 0.1) is 0 Å². The van der Waals surface area contributed by atoms with E-state index in [9.17, 15) is 9.59 Å². The van der Waals surface area contributed by atoms with Crippen LogP contribution in [0.3, 0.4) is 0 Å². The number of nitrogens with zero attached hydrogens (tertiary/aromatic N) is 1. The second-order valence-electron chi connectivity index (χ2n) is 4.64. The van der Waals surface area contributed by atoms with Crippen molar-refractivity contribution in [2.24, 2.45) is 0 Å². The number of alkyl halides is 1. The lowest BCUT2D eigenvalue weighted by Gasteiger charge is -2.03. The first-order chi connectivity index (χ1) is 10.6. The molecular weight excluding hydrogens is 322 g/mol. The van der Waals surface area contributed by atoms with E-state index >= 15 is 0 Å². The van der Waals surface area contributed by atoms with E-state index in [4.69, 9.17) is 11.6 Å². The molecule has 0 unspecified atom stereocenters. The van der Waals surface area contributed by atoms with Crippen molar-refractivity contribution in [3.63, 3.8) is 0 Å². The van der Waals surface area contributed by atoms with Gasteiger partial charge in [0.15, 0.2) is 5.13 Å². The Hall–Kier alpha value is -1.92. The van der Waals surface area contributed by atoms with Crippen LogP contribution in [-0.2, 0) is 9.59 Å². The third-order valence-corrected chi connectivity index (χ3v) is 3.81. The zero-order valence-corrected chi connectivity index (χ0v) is 13.6. The van der Waals surface area contributed by atoms with Crippen molar-refractivity contribution in [1.29, 1.82) is 0 Å². The summed E-state index contributed by atoms with van der Waals surface area (Å²) in [6.07, 6.45) is 1.04. The second kappa shape index (κ2) is 7.91. The number of thiazole rings is 1. The first kappa shape index (κ1) is 16.5. The van der Waals surface area contributed by atoms with Crippen LogP contribution < -0.4 is 10.6 Å².